The summed E-state index contributed by atoms with van der Waals surface area (Å²) in [6, 6.07) is 1.35. The monoisotopic (exact) mass is 162 g/mol. The third-order valence-corrected chi connectivity index (χ3v) is 5.16. The van der Waals surface area contributed by atoms with Crippen LogP contribution in [0, 0.1) is 0 Å². The van der Waals surface area contributed by atoms with Crippen molar-refractivity contribution in [2.24, 2.45) is 0 Å². The maximum atomic E-state index is 5.69. The second kappa shape index (κ2) is 3.08. The van der Waals surface area contributed by atoms with Crippen molar-refractivity contribution >= 4 is 20.1 Å². The fraction of sp³-hybridized carbons (Fsp3) is 1.00. The van der Waals surface area contributed by atoms with Gasteiger partial charge in [-0.2, -0.15) is 0 Å². The van der Waals surface area contributed by atoms with Crippen LogP contribution in [0.2, 0.25) is 19.1 Å². The molecular formula is C6H14OSSi. The van der Waals surface area contributed by atoms with Crippen LogP contribution in [0.25, 0.3) is 0 Å². The topological polar surface area (TPSA) is 9.23 Å². The van der Waals surface area contributed by atoms with Crippen molar-refractivity contribution in [1.82, 2.24) is 0 Å². The van der Waals surface area contributed by atoms with Crippen LogP contribution in [-0.4, -0.2) is 20.0 Å². The summed E-state index contributed by atoms with van der Waals surface area (Å²) in [6.45, 7) is 4.61. The van der Waals surface area contributed by atoms with E-state index in [4.69, 9.17) is 4.43 Å². The van der Waals surface area contributed by atoms with Crippen molar-refractivity contribution in [3.05, 3.63) is 0 Å². The highest BCUT2D eigenvalue weighted by Gasteiger charge is 2.23. The Morgan fingerprint density at radius 1 is 1.44 bits per heavy atom. The van der Waals surface area contributed by atoms with E-state index in [-0.39, 0.29) is 0 Å². The molecule has 1 saturated heterocycles. The van der Waals surface area contributed by atoms with E-state index in [0.29, 0.717) is 0 Å². The summed E-state index contributed by atoms with van der Waals surface area (Å²) in [5, 5.41) is 0. The molecule has 0 amide bonds. The number of hydrogen-bond donors (Lipinski definition) is 0. The molecule has 0 saturated carbocycles. The van der Waals surface area contributed by atoms with Gasteiger partial charge in [0.25, 0.3) is 0 Å². The van der Waals surface area contributed by atoms with Crippen molar-refractivity contribution in [3.8, 4) is 0 Å². The first-order valence-corrected chi connectivity index (χ1v) is 7.69. The molecular weight excluding hydrogens is 148 g/mol. The Hall–Kier alpha value is 0.527. The summed E-state index contributed by atoms with van der Waals surface area (Å²) < 4.78 is 5.69. The first-order valence-electron chi connectivity index (χ1n) is 3.42. The van der Waals surface area contributed by atoms with Crippen LogP contribution in [0.5, 0.6) is 0 Å². The van der Waals surface area contributed by atoms with Crippen LogP contribution in [0.15, 0.2) is 0 Å². The van der Waals surface area contributed by atoms with Gasteiger partial charge in [0, 0.05) is 0 Å². The Bertz CT molecular complexity index is 85.1. The molecule has 0 aromatic rings. The zero-order valence-electron chi connectivity index (χ0n) is 6.14. The minimum atomic E-state index is -1.16. The lowest BCUT2D eigenvalue weighted by Crippen LogP contribution is -2.28. The Labute approximate surface area is 62.3 Å². The van der Waals surface area contributed by atoms with Gasteiger partial charge in [0.05, 0.1) is 5.94 Å². The fourth-order valence-corrected chi connectivity index (χ4v) is 4.44. The van der Waals surface area contributed by atoms with Crippen LogP contribution in [0.1, 0.15) is 6.42 Å². The predicted molar refractivity (Wildman–Crippen MR) is 45.3 cm³/mol. The Morgan fingerprint density at radius 3 is 3.00 bits per heavy atom. The summed E-state index contributed by atoms with van der Waals surface area (Å²) in [5.41, 5.74) is 0. The largest absolute Gasteiger partial charge is 0.408 e. The maximum Gasteiger partial charge on any atom is 0.187 e. The normalized spacial score (nSPS) is 27.3. The second-order valence-electron chi connectivity index (χ2n) is 3.03. The van der Waals surface area contributed by atoms with Gasteiger partial charge in [-0.3, -0.25) is 0 Å². The van der Waals surface area contributed by atoms with Gasteiger partial charge >= 0.3 is 0 Å². The lowest BCUT2D eigenvalue weighted by Gasteiger charge is -2.18. The van der Waals surface area contributed by atoms with Gasteiger partial charge in [-0.25, -0.2) is 0 Å². The summed E-state index contributed by atoms with van der Waals surface area (Å²) in [5.74, 6) is 2.25. The average Bonchev–Trinajstić information content (AvgIpc) is 1.92. The molecule has 1 rings (SSSR count). The van der Waals surface area contributed by atoms with Crippen LogP contribution in [-0.2, 0) is 4.43 Å². The molecule has 0 radical (unpaired) electrons. The van der Waals surface area contributed by atoms with Crippen molar-refractivity contribution < 1.29 is 4.43 Å². The number of thioether (sulfide) groups is 1. The molecule has 1 aliphatic rings. The molecule has 0 spiro atoms. The molecule has 0 aromatic heterocycles. The van der Waals surface area contributed by atoms with Gasteiger partial charge in [0.2, 0.25) is 0 Å². The molecule has 0 atom stereocenters. The van der Waals surface area contributed by atoms with Crippen molar-refractivity contribution in [1.29, 1.82) is 0 Å². The SMILES string of the molecule is C[Si]1(C)CCCSCO1. The molecule has 0 aromatic carbocycles. The number of hydrogen-bond acceptors (Lipinski definition) is 2. The van der Waals surface area contributed by atoms with E-state index in [2.05, 4.69) is 13.1 Å². The van der Waals surface area contributed by atoms with E-state index in [1.54, 1.807) is 0 Å². The molecule has 0 unspecified atom stereocenters. The highest BCUT2D eigenvalue weighted by atomic mass is 32.2. The molecule has 0 bridgehead atoms. The molecule has 0 aliphatic carbocycles. The van der Waals surface area contributed by atoms with E-state index < -0.39 is 8.32 Å². The highest BCUT2D eigenvalue weighted by molar-refractivity contribution is 7.99. The van der Waals surface area contributed by atoms with Crippen LogP contribution >= 0.6 is 11.8 Å². The first-order chi connectivity index (χ1) is 4.21. The molecule has 3 heteroatoms. The van der Waals surface area contributed by atoms with E-state index in [1.165, 1.54) is 18.2 Å². The smallest absolute Gasteiger partial charge is 0.187 e. The van der Waals surface area contributed by atoms with Gasteiger partial charge in [0.1, 0.15) is 0 Å². The Kier molecular flexibility index (Phi) is 2.61. The van der Waals surface area contributed by atoms with Gasteiger partial charge in [-0.1, -0.05) is 0 Å². The zero-order chi connectivity index (χ0) is 6.74. The molecule has 0 N–H and O–H groups in total. The van der Waals surface area contributed by atoms with Gasteiger partial charge in [0.15, 0.2) is 8.32 Å². The lowest BCUT2D eigenvalue weighted by molar-refractivity contribution is 0.385. The predicted octanol–water partition coefficient (Wildman–Crippen LogP) is 2.30. The van der Waals surface area contributed by atoms with E-state index in [0.717, 1.165) is 5.94 Å². The molecule has 1 nitrogen and oxygen atoms in total. The Morgan fingerprint density at radius 2 is 2.22 bits per heavy atom. The average molecular weight is 162 g/mol. The molecule has 1 aliphatic heterocycles. The van der Waals surface area contributed by atoms with Crippen molar-refractivity contribution in [2.45, 2.75) is 25.6 Å². The summed E-state index contributed by atoms with van der Waals surface area (Å²) in [7, 11) is -1.16. The quantitative estimate of drug-likeness (QED) is 0.505. The van der Waals surface area contributed by atoms with Gasteiger partial charge in [-0.05, 0) is 31.3 Å². The maximum absolute atomic E-state index is 5.69. The zero-order valence-corrected chi connectivity index (χ0v) is 7.96. The van der Waals surface area contributed by atoms with Gasteiger partial charge in [-0.15, -0.1) is 11.8 Å². The van der Waals surface area contributed by atoms with Crippen LogP contribution in [0.3, 0.4) is 0 Å². The third kappa shape index (κ3) is 2.73. The summed E-state index contributed by atoms with van der Waals surface area (Å²) in [6.07, 6.45) is 1.36. The summed E-state index contributed by atoms with van der Waals surface area (Å²) in [4.78, 5) is 0. The fourth-order valence-electron chi connectivity index (χ4n) is 0.932. The van der Waals surface area contributed by atoms with Crippen molar-refractivity contribution in [2.75, 3.05) is 11.7 Å². The lowest BCUT2D eigenvalue weighted by atomic mass is 10.6. The van der Waals surface area contributed by atoms with Crippen LogP contribution in [0.4, 0.5) is 0 Å². The second-order valence-corrected chi connectivity index (χ2v) is 8.39. The van der Waals surface area contributed by atoms with E-state index in [9.17, 15) is 0 Å². The summed E-state index contributed by atoms with van der Waals surface area (Å²) >= 11 is 1.93. The van der Waals surface area contributed by atoms with Gasteiger partial charge < -0.3 is 4.43 Å². The molecule has 1 fully saturated rings. The van der Waals surface area contributed by atoms with Crippen LogP contribution < -0.4 is 0 Å². The molecule has 9 heavy (non-hydrogen) atoms. The van der Waals surface area contributed by atoms with Crippen molar-refractivity contribution in [3.63, 3.8) is 0 Å². The molecule has 1 heterocycles. The van der Waals surface area contributed by atoms with E-state index in [1.807, 2.05) is 11.8 Å². The standard InChI is InChI=1S/C6H14OSSi/c1-9(2)5-3-4-8-6-7-9/h3-6H2,1-2H3. The number of rotatable bonds is 0. The first kappa shape index (κ1) is 7.63. The minimum Gasteiger partial charge on any atom is -0.408 e. The highest BCUT2D eigenvalue weighted by Crippen LogP contribution is 2.21. The Balaban J connectivity index is 2.36. The third-order valence-electron chi connectivity index (χ3n) is 1.60. The minimum absolute atomic E-state index is 0.944. The van der Waals surface area contributed by atoms with E-state index >= 15 is 0 Å². The molecule has 54 valence electrons.